The molecule has 1 N–H and O–H groups in total. The Bertz CT molecular complexity index is 893. The van der Waals surface area contributed by atoms with Gasteiger partial charge in [-0.15, -0.1) is 16.4 Å². The molecule has 3 rings (SSSR count). The second-order valence-electron chi connectivity index (χ2n) is 4.69. The number of aromatic nitrogens is 4. The van der Waals surface area contributed by atoms with Crippen LogP contribution in [0.15, 0.2) is 36.0 Å². The number of carbonyl (C=O) groups is 1. The molecule has 0 spiro atoms. The van der Waals surface area contributed by atoms with Crippen LogP contribution in [0.5, 0.6) is 5.75 Å². The molecule has 1 amide bonds. The van der Waals surface area contributed by atoms with Crippen molar-refractivity contribution in [3.8, 4) is 23.1 Å². The van der Waals surface area contributed by atoms with Gasteiger partial charge in [-0.05, 0) is 24.3 Å². The molecular formula is C15H12N6O2S. The zero-order chi connectivity index (χ0) is 16.9. The Morgan fingerprint density at radius 3 is 2.88 bits per heavy atom. The maximum Gasteiger partial charge on any atom is 0.252 e. The summed E-state index contributed by atoms with van der Waals surface area (Å²) in [4.78, 5) is 20.1. The number of rotatable bonds is 5. The lowest BCUT2D eigenvalue weighted by molar-refractivity contribution is -0.116. The van der Waals surface area contributed by atoms with Gasteiger partial charge in [0.25, 0.3) is 5.82 Å². The number of thiazole rings is 1. The van der Waals surface area contributed by atoms with Gasteiger partial charge in [0.1, 0.15) is 24.7 Å². The van der Waals surface area contributed by atoms with Crippen molar-refractivity contribution in [2.45, 2.75) is 6.54 Å². The molecule has 24 heavy (non-hydrogen) atoms. The van der Waals surface area contributed by atoms with E-state index in [-0.39, 0.29) is 18.3 Å². The van der Waals surface area contributed by atoms with Crippen LogP contribution in [-0.2, 0) is 11.3 Å². The SMILES string of the molecule is COc1ccc(-c2csc(NC(=O)Cn3cnc(C#N)n3)n2)cc1. The number of amides is 1. The second kappa shape index (κ2) is 6.89. The summed E-state index contributed by atoms with van der Waals surface area (Å²) in [7, 11) is 1.61. The van der Waals surface area contributed by atoms with Crippen molar-refractivity contribution in [3.05, 3.63) is 41.8 Å². The van der Waals surface area contributed by atoms with Crippen LogP contribution in [-0.4, -0.2) is 32.8 Å². The van der Waals surface area contributed by atoms with Gasteiger partial charge in [0.2, 0.25) is 5.91 Å². The number of methoxy groups -OCH3 is 1. The highest BCUT2D eigenvalue weighted by atomic mass is 32.1. The van der Waals surface area contributed by atoms with E-state index in [9.17, 15) is 4.79 Å². The zero-order valence-corrected chi connectivity index (χ0v) is 13.4. The van der Waals surface area contributed by atoms with Crippen LogP contribution in [0.3, 0.4) is 0 Å². The molecule has 0 atom stereocenters. The van der Waals surface area contributed by atoms with Crippen molar-refractivity contribution in [2.24, 2.45) is 0 Å². The van der Waals surface area contributed by atoms with E-state index in [2.05, 4.69) is 20.4 Å². The van der Waals surface area contributed by atoms with Gasteiger partial charge in [-0.3, -0.25) is 4.79 Å². The summed E-state index contributed by atoms with van der Waals surface area (Å²) in [5.74, 6) is 0.505. The summed E-state index contributed by atoms with van der Waals surface area (Å²) in [6, 6.07) is 9.31. The number of nitrogens with one attached hydrogen (secondary N) is 1. The predicted molar refractivity (Wildman–Crippen MR) is 87.5 cm³/mol. The summed E-state index contributed by atoms with van der Waals surface area (Å²) in [5.41, 5.74) is 1.70. The lowest BCUT2D eigenvalue weighted by Crippen LogP contribution is -2.19. The molecule has 2 heterocycles. The number of ether oxygens (including phenoxy) is 1. The third kappa shape index (κ3) is 3.56. The predicted octanol–water partition coefficient (Wildman–Crippen LogP) is 1.92. The molecule has 0 aliphatic rings. The highest BCUT2D eigenvalue weighted by Crippen LogP contribution is 2.26. The van der Waals surface area contributed by atoms with Crippen LogP contribution in [0.2, 0.25) is 0 Å². The molecule has 2 aromatic heterocycles. The maximum atomic E-state index is 12.0. The number of nitrogens with zero attached hydrogens (tertiary/aromatic N) is 5. The minimum Gasteiger partial charge on any atom is -0.497 e. The molecule has 8 nitrogen and oxygen atoms in total. The topological polar surface area (TPSA) is 106 Å². The maximum absolute atomic E-state index is 12.0. The fraction of sp³-hybridized carbons (Fsp3) is 0.133. The smallest absolute Gasteiger partial charge is 0.252 e. The van der Waals surface area contributed by atoms with Crippen molar-refractivity contribution in [3.63, 3.8) is 0 Å². The van der Waals surface area contributed by atoms with E-state index >= 15 is 0 Å². The van der Waals surface area contributed by atoms with Gasteiger partial charge in [-0.1, -0.05) is 0 Å². The summed E-state index contributed by atoms with van der Waals surface area (Å²) in [6.45, 7) is -0.0356. The molecule has 1 aromatic carbocycles. The number of hydrogen-bond acceptors (Lipinski definition) is 7. The lowest BCUT2D eigenvalue weighted by atomic mass is 10.2. The molecule has 0 unspecified atom stereocenters. The van der Waals surface area contributed by atoms with Crippen molar-refractivity contribution < 1.29 is 9.53 Å². The average Bonchev–Trinajstić information content (AvgIpc) is 3.24. The van der Waals surface area contributed by atoms with Crippen molar-refractivity contribution in [1.29, 1.82) is 5.26 Å². The number of benzene rings is 1. The Labute approximate surface area is 141 Å². The van der Waals surface area contributed by atoms with Crippen LogP contribution in [0.1, 0.15) is 5.82 Å². The normalized spacial score (nSPS) is 10.2. The van der Waals surface area contributed by atoms with Gasteiger partial charge in [-0.2, -0.15) is 5.26 Å². The fourth-order valence-corrected chi connectivity index (χ4v) is 2.69. The Balaban J connectivity index is 1.64. The fourth-order valence-electron chi connectivity index (χ4n) is 1.95. The molecule has 9 heteroatoms. The monoisotopic (exact) mass is 340 g/mol. The van der Waals surface area contributed by atoms with Crippen LogP contribution in [0.25, 0.3) is 11.3 Å². The van der Waals surface area contributed by atoms with E-state index in [4.69, 9.17) is 10.00 Å². The van der Waals surface area contributed by atoms with Crippen LogP contribution < -0.4 is 10.1 Å². The van der Waals surface area contributed by atoms with Gasteiger partial charge in [-0.25, -0.2) is 14.6 Å². The van der Waals surface area contributed by atoms with Crippen LogP contribution >= 0.6 is 11.3 Å². The highest BCUT2D eigenvalue weighted by Gasteiger charge is 2.10. The zero-order valence-electron chi connectivity index (χ0n) is 12.6. The Morgan fingerprint density at radius 2 is 2.21 bits per heavy atom. The number of carbonyl (C=O) groups excluding carboxylic acids is 1. The van der Waals surface area contributed by atoms with Gasteiger partial charge in [0.15, 0.2) is 5.13 Å². The number of hydrogen-bond donors (Lipinski definition) is 1. The Morgan fingerprint density at radius 1 is 1.42 bits per heavy atom. The van der Waals surface area contributed by atoms with Crippen molar-refractivity contribution in [1.82, 2.24) is 19.7 Å². The Kier molecular flexibility index (Phi) is 4.49. The first kappa shape index (κ1) is 15.6. The molecule has 3 aromatic rings. The van der Waals surface area contributed by atoms with Gasteiger partial charge in [0, 0.05) is 10.9 Å². The highest BCUT2D eigenvalue weighted by molar-refractivity contribution is 7.14. The first-order valence-electron chi connectivity index (χ1n) is 6.87. The first-order chi connectivity index (χ1) is 11.7. The first-order valence-corrected chi connectivity index (χ1v) is 7.75. The largest absolute Gasteiger partial charge is 0.497 e. The molecule has 0 saturated carbocycles. The molecule has 0 radical (unpaired) electrons. The summed E-state index contributed by atoms with van der Waals surface area (Å²) in [5, 5.41) is 17.5. The van der Waals surface area contributed by atoms with Crippen LogP contribution in [0.4, 0.5) is 5.13 Å². The van der Waals surface area contributed by atoms with E-state index in [1.54, 1.807) is 13.2 Å². The van der Waals surface area contributed by atoms with Gasteiger partial charge < -0.3 is 10.1 Å². The van der Waals surface area contributed by atoms with Crippen molar-refractivity contribution >= 4 is 22.4 Å². The minimum absolute atomic E-state index is 0.0267. The molecule has 0 saturated heterocycles. The molecule has 0 aliphatic heterocycles. The number of anilines is 1. The Hall–Kier alpha value is -3.25. The summed E-state index contributed by atoms with van der Waals surface area (Å²) < 4.78 is 6.42. The standard InChI is InChI=1S/C15H12N6O2S/c1-23-11-4-2-10(3-5-11)12-8-24-15(18-12)19-14(22)7-21-9-17-13(6-16)20-21/h2-5,8-9H,7H2,1H3,(H,18,19,22). The average molecular weight is 340 g/mol. The quantitative estimate of drug-likeness (QED) is 0.760. The molecule has 120 valence electrons. The minimum atomic E-state index is -0.292. The van der Waals surface area contributed by atoms with E-state index < -0.39 is 0 Å². The molecule has 0 aliphatic carbocycles. The second-order valence-corrected chi connectivity index (χ2v) is 5.55. The van der Waals surface area contributed by atoms with E-state index in [1.165, 1.54) is 22.3 Å². The van der Waals surface area contributed by atoms with Gasteiger partial charge >= 0.3 is 0 Å². The third-order valence-electron chi connectivity index (χ3n) is 3.08. The van der Waals surface area contributed by atoms with Gasteiger partial charge in [0.05, 0.1) is 12.8 Å². The third-order valence-corrected chi connectivity index (χ3v) is 3.84. The number of nitriles is 1. The van der Waals surface area contributed by atoms with Crippen LogP contribution in [0, 0.1) is 11.3 Å². The van der Waals surface area contributed by atoms with Crippen molar-refractivity contribution in [2.75, 3.05) is 12.4 Å². The molecule has 0 bridgehead atoms. The van der Waals surface area contributed by atoms with E-state index in [1.807, 2.05) is 29.6 Å². The lowest BCUT2D eigenvalue weighted by Gasteiger charge is -2.02. The summed E-state index contributed by atoms with van der Waals surface area (Å²) in [6.07, 6.45) is 1.34. The van der Waals surface area contributed by atoms with E-state index in [0.717, 1.165) is 17.0 Å². The molecular weight excluding hydrogens is 328 g/mol. The van der Waals surface area contributed by atoms with E-state index in [0.29, 0.717) is 5.13 Å². The summed E-state index contributed by atoms with van der Waals surface area (Å²) >= 11 is 1.33. The molecule has 0 fully saturated rings.